The fourth-order valence-corrected chi connectivity index (χ4v) is 3.83. The van der Waals surface area contributed by atoms with Crippen molar-refractivity contribution in [1.82, 2.24) is 15.3 Å². The van der Waals surface area contributed by atoms with Gasteiger partial charge in [0, 0.05) is 39.2 Å². The second-order valence-corrected chi connectivity index (χ2v) is 7.67. The van der Waals surface area contributed by atoms with Crippen molar-refractivity contribution in [2.24, 2.45) is 0 Å². The highest BCUT2D eigenvalue weighted by Gasteiger charge is 2.33. The van der Waals surface area contributed by atoms with Crippen molar-refractivity contribution >= 4 is 41.0 Å². The average molecular weight is 444 g/mol. The summed E-state index contributed by atoms with van der Waals surface area (Å²) in [5.74, 6) is 0.429. The molecule has 5 N–H and O–H groups in total. The zero-order valence-corrected chi connectivity index (χ0v) is 17.6. The maximum absolute atomic E-state index is 14.9. The van der Waals surface area contributed by atoms with Crippen LogP contribution >= 0.6 is 0 Å². The van der Waals surface area contributed by atoms with Crippen molar-refractivity contribution in [3.05, 3.63) is 30.1 Å². The van der Waals surface area contributed by atoms with Crippen molar-refractivity contribution in [1.29, 1.82) is 0 Å². The van der Waals surface area contributed by atoms with E-state index in [1.807, 2.05) is 9.80 Å². The van der Waals surface area contributed by atoms with E-state index in [9.17, 15) is 14.0 Å². The number of rotatable bonds is 5. The number of benzene rings is 1. The molecule has 170 valence electrons. The van der Waals surface area contributed by atoms with Gasteiger partial charge in [-0.15, -0.1) is 0 Å². The molecule has 0 aliphatic carbocycles. The molecule has 0 saturated carbocycles. The van der Waals surface area contributed by atoms with E-state index in [0.29, 0.717) is 49.2 Å². The first-order valence-corrected chi connectivity index (χ1v) is 10.2. The zero-order chi connectivity index (χ0) is 22.8. The molecule has 0 unspecified atom stereocenters. The molecule has 2 saturated heterocycles. The lowest BCUT2D eigenvalue weighted by atomic mass is 10.2. The summed E-state index contributed by atoms with van der Waals surface area (Å²) in [5, 5.41) is 2.62. The van der Waals surface area contributed by atoms with Gasteiger partial charge in [-0.1, -0.05) is 0 Å². The van der Waals surface area contributed by atoms with Gasteiger partial charge in [-0.05, 0) is 18.2 Å². The van der Waals surface area contributed by atoms with E-state index < -0.39 is 18.0 Å². The van der Waals surface area contributed by atoms with E-state index >= 15 is 0 Å². The number of cyclic esters (lactones) is 1. The number of nitrogens with zero attached hydrogens (tertiary/aromatic N) is 5. The second kappa shape index (κ2) is 8.73. The van der Waals surface area contributed by atoms with Crippen LogP contribution in [0.25, 0.3) is 0 Å². The molecule has 2 aliphatic rings. The number of piperazine rings is 1. The number of amides is 2. The number of hydrogen-bond acceptors (Lipinski definition) is 9. The Bertz CT molecular complexity index is 1010. The Morgan fingerprint density at radius 1 is 1.19 bits per heavy atom. The first-order valence-electron chi connectivity index (χ1n) is 10.2. The third-order valence-electron chi connectivity index (χ3n) is 5.39. The van der Waals surface area contributed by atoms with Crippen LogP contribution in [-0.4, -0.2) is 67.3 Å². The number of aromatic nitrogens is 2. The Kier molecular flexibility index (Phi) is 5.84. The number of nitrogens with two attached hydrogens (primary N) is 2. The largest absolute Gasteiger partial charge is 0.442 e. The molecule has 1 aromatic heterocycles. The van der Waals surface area contributed by atoms with Crippen LogP contribution in [-0.2, 0) is 9.53 Å². The molecule has 2 aromatic rings. The maximum Gasteiger partial charge on any atom is 0.414 e. The molecule has 32 heavy (non-hydrogen) atoms. The summed E-state index contributed by atoms with van der Waals surface area (Å²) in [6.07, 6.45) is -1.04. The van der Waals surface area contributed by atoms with E-state index in [2.05, 4.69) is 15.3 Å². The Morgan fingerprint density at radius 3 is 2.56 bits per heavy atom. The zero-order valence-electron chi connectivity index (χ0n) is 17.6. The lowest BCUT2D eigenvalue weighted by molar-refractivity contribution is -0.119. The van der Waals surface area contributed by atoms with Crippen LogP contribution in [0.15, 0.2) is 24.3 Å². The standard InChI is InChI=1S/C20H25FN8O3/c1-12(30)24-10-14-11-29(20(31)32-14)13-2-3-16(15(21)8-13)27-4-6-28(7-5-27)18-9-17(22)25-19(23)26-18/h2-3,8-9,14H,4-7,10-11H2,1H3,(H,24,30)(H4,22,23,25,26)/t14-/m0/s1. The number of carbonyl (C=O) groups is 2. The smallest absolute Gasteiger partial charge is 0.414 e. The minimum absolute atomic E-state index is 0.115. The third kappa shape index (κ3) is 4.58. The van der Waals surface area contributed by atoms with Gasteiger partial charge in [-0.3, -0.25) is 9.69 Å². The Morgan fingerprint density at radius 2 is 1.91 bits per heavy atom. The predicted molar refractivity (Wildman–Crippen MR) is 118 cm³/mol. The van der Waals surface area contributed by atoms with Crippen LogP contribution in [0, 0.1) is 5.82 Å². The minimum atomic E-state index is -0.565. The Labute approximate surface area is 184 Å². The van der Waals surface area contributed by atoms with E-state index in [4.69, 9.17) is 16.2 Å². The van der Waals surface area contributed by atoms with Crippen molar-refractivity contribution in [2.75, 3.05) is 65.4 Å². The molecule has 11 nitrogen and oxygen atoms in total. The van der Waals surface area contributed by atoms with Gasteiger partial charge in [0.2, 0.25) is 11.9 Å². The van der Waals surface area contributed by atoms with Crippen molar-refractivity contribution in [3.63, 3.8) is 0 Å². The molecular weight excluding hydrogens is 419 g/mol. The summed E-state index contributed by atoms with van der Waals surface area (Å²) in [6.45, 7) is 4.21. The van der Waals surface area contributed by atoms with Gasteiger partial charge in [-0.2, -0.15) is 9.97 Å². The van der Waals surface area contributed by atoms with E-state index in [1.54, 1.807) is 18.2 Å². The number of ether oxygens (including phenoxy) is 1. The van der Waals surface area contributed by atoms with Crippen molar-refractivity contribution in [2.45, 2.75) is 13.0 Å². The summed E-state index contributed by atoms with van der Waals surface area (Å²) >= 11 is 0. The van der Waals surface area contributed by atoms with Gasteiger partial charge in [0.15, 0.2) is 0 Å². The molecule has 0 bridgehead atoms. The van der Waals surface area contributed by atoms with Gasteiger partial charge in [0.1, 0.15) is 23.6 Å². The first-order chi connectivity index (χ1) is 15.3. The van der Waals surface area contributed by atoms with Gasteiger partial charge in [0.25, 0.3) is 0 Å². The highest BCUT2D eigenvalue weighted by atomic mass is 19.1. The molecule has 3 heterocycles. The number of carbonyl (C=O) groups excluding carboxylic acids is 2. The molecule has 4 rings (SSSR count). The SMILES string of the molecule is CC(=O)NC[C@H]1CN(c2ccc(N3CCN(c4cc(N)nc(N)n4)CC3)c(F)c2)C(=O)O1. The van der Waals surface area contributed by atoms with E-state index in [1.165, 1.54) is 17.9 Å². The Hall–Kier alpha value is -3.83. The highest BCUT2D eigenvalue weighted by Crippen LogP contribution is 2.29. The van der Waals surface area contributed by atoms with Crippen LogP contribution < -0.4 is 31.5 Å². The molecule has 2 fully saturated rings. The number of nitrogens with one attached hydrogen (secondary N) is 1. The summed E-state index contributed by atoms with van der Waals surface area (Å²) < 4.78 is 20.2. The number of anilines is 5. The molecule has 2 aliphatic heterocycles. The van der Waals surface area contributed by atoms with E-state index in [-0.39, 0.29) is 24.9 Å². The molecule has 1 aromatic carbocycles. The monoisotopic (exact) mass is 444 g/mol. The van der Waals surface area contributed by atoms with Crippen molar-refractivity contribution < 1.29 is 18.7 Å². The topological polar surface area (TPSA) is 143 Å². The van der Waals surface area contributed by atoms with Gasteiger partial charge in [-0.25, -0.2) is 9.18 Å². The molecule has 12 heteroatoms. The maximum atomic E-state index is 14.9. The van der Waals surface area contributed by atoms with Crippen LogP contribution in [0.3, 0.4) is 0 Å². The lowest BCUT2D eigenvalue weighted by Crippen LogP contribution is -2.47. The average Bonchev–Trinajstić information content (AvgIpc) is 3.12. The summed E-state index contributed by atoms with van der Waals surface area (Å²) in [4.78, 5) is 36.6. The summed E-state index contributed by atoms with van der Waals surface area (Å²) in [5.41, 5.74) is 12.3. The third-order valence-corrected chi connectivity index (χ3v) is 5.39. The molecular formula is C20H25FN8O3. The Balaban J connectivity index is 1.40. The fraction of sp³-hybridized carbons (Fsp3) is 0.400. The van der Waals surface area contributed by atoms with Gasteiger partial charge >= 0.3 is 6.09 Å². The number of hydrogen-bond donors (Lipinski definition) is 3. The normalized spacial score (nSPS) is 18.6. The van der Waals surface area contributed by atoms with Gasteiger partial charge in [0.05, 0.1) is 24.5 Å². The number of halogens is 1. The highest BCUT2D eigenvalue weighted by molar-refractivity contribution is 5.90. The predicted octanol–water partition coefficient (Wildman–Crippen LogP) is 0.568. The molecule has 1 atom stereocenters. The lowest BCUT2D eigenvalue weighted by Gasteiger charge is -2.37. The fourth-order valence-electron chi connectivity index (χ4n) is 3.83. The van der Waals surface area contributed by atoms with E-state index in [0.717, 1.165) is 0 Å². The summed E-state index contributed by atoms with van der Waals surface area (Å²) in [7, 11) is 0. The summed E-state index contributed by atoms with van der Waals surface area (Å²) in [6, 6.07) is 6.35. The van der Waals surface area contributed by atoms with Gasteiger partial charge < -0.3 is 31.3 Å². The van der Waals surface area contributed by atoms with Crippen molar-refractivity contribution in [3.8, 4) is 0 Å². The quantitative estimate of drug-likeness (QED) is 0.603. The van der Waals surface area contributed by atoms with Crippen LogP contribution in [0.2, 0.25) is 0 Å². The molecule has 0 spiro atoms. The minimum Gasteiger partial charge on any atom is -0.442 e. The van der Waals surface area contributed by atoms with Crippen LogP contribution in [0.1, 0.15) is 6.92 Å². The second-order valence-electron chi connectivity index (χ2n) is 7.67. The number of nitrogen functional groups attached to an aromatic ring is 2. The van der Waals surface area contributed by atoms with Crippen LogP contribution in [0.5, 0.6) is 0 Å². The first kappa shape index (κ1) is 21.4. The molecule has 0 radical (unpaired) electrons. The van der Waals surface area contributed by atoms with Crippen LogP contribution in [0.4, 0.5) is 38.1 Å². The molecule has 2 amide bonds.